The Labute approximate surface area is 144 Å². The molecule has 1 N–H and O–H groups in total. The van der Waals surface area contributed by atoms with Gasteiger partial charge in [0.25, 0.3) is 5.91 Å². The minimum absolute atomic E-state index is 0.182. The summed E-state index contributed by atoms with van der Waals surface area (Å²) in [5.74, 6) is 0.539. The van der Waals surface area contributed by atoms with Crippen LogP contribution in [0.2, 0.25) is 5.02 Å². The SMILES string of the molecule is Cc1ccccc1C(=O)N[C@@H](C)c1nc(-c2ccccc2Cl)no1. The predicted molar refractivity (Wildman–Crippen MR) is 91.8 cm³/mol. The predicted octanol–water partition coefficient (Wildman–Crippen LogP) is 4.19. The molecule has 0 saturated heterocycles. The van der Waals surface area contributed by atoms with Gasteiger partial charge in [-0.05, 0) is 37.6 Å². The number of rotatable bonds is 4. The first-order valence-corrected chi connectivity index (χ1v) is 7.89. The zero-order valence-corrected chi connectivity index (χ0v) is 14.0. The maximum atomic E-state index is 12.4. The largest absolute Gasteiger partial charge is 0.341 e. The van der Waals surface area contributed by atoms with E-state index < -0.39 is 6.04 Å². The lowest BCUT2D eigenvalue weighted by Crippen LogP contribution is -2.27. The normalized spacial score (nSPS) is 12.0. The van der Waals surface area contributed by atoms with Crippen LogP contribution in [0.5, 0.6) is 0 Å². The molecule has 0 aliphatic carbocycles. The summed E-state index contributed by atoms with van der Waals surface area (Å²) in [7, 11) is 0. The molecule has 0 fully saturated rings. The van der Waals surface area contributed by atoms with Crippen molar-refractivity contribution in [1.29, 1.82) is 0 Å². The number of nitrogens with one attached hydrogen (secondary N) is 1. The molecule has 0 bridgehead atoms. The van der Waals surface area contributed by atoms with Crippen molar-refractivity contribution in [3.05, 3.63) is 70.6 Å². The summed E-state index contributed by atoms with van der Waals surface area (Å²) < 4.78 is 5.27. The highest BCUT2D eigenvalue weighted by Gasteiger charge is 2.19. The Balaban J connectivity index is 1.77. The van der Waals surface area contributed by atoms with E-state index in [-0.39, 0.29) is 5.91 Å². The lowest BCUT2D eigenvalue weighted by atomic mass is 10.1. The van der Waals surface area contributed by atoms with Crippen LogP contribution in [0, 0.1) is 6.92 Å². The quantitative estimate of drug-likeness (QED) is 0.772. The Morgan fingerprint density at radius 1 is 1.17 bits per heavy atom. The highest BCUT2D eigenvalue weighted by atomic mass is 35.5. The van der Waals surface area contributed by atoms with E-state index in [1.165, 1.54) is 0 Å². The van der Waals surface area contributed by atoms with Crippen LogP contribution < -0.4 is 5.32 Å². The molecule has 0 saturated carbocycles. The third-order valence-electron chi connectivity index (χ3n) is 3.66. The zero-order valence-electron chi connectivity index (χ0n) is 13.3. The van der Waals surface area contributed by atoms with Crippen LogP contribution in [0.1, 0.15) is 34.8 Å². The lowest BCUT2D eigenvalue weighted by molar-refractivity contribution is 0.0932. The molecule has 0 aliphatic heterocycles. The van der Waals surface area contributed by atoms with Crippen molar-refractivity contribution >= 4 is 17.5 Å². The Bertz CT molecular complexity index is 876. The molecule has 3 aromatic rings. The summed E-state index contributed by atoms with van der Waals surface area (Å²) in [6, 6.07) is 14.2. The highest BCUT2D eigenvalue weighted by molar-refractivity contribution is 6.33. The third kappa shape index (κ3) is 3.31. The molecule has 1 atom stereocenters. The summed E-state index contributed by atoms with van der Waals surface area (Å²) in [4.78, 5) is 16.7. The first-order valence-electron chi connectivity index (χ1n) is 7.51. The molecule has 2 aromatic carbocycles. The molecular weight excluding hydrogens is 326 g/mol. The van der Waals surface area contributed by atoms with E-state index in [9.17, 15) is 4.79 Å². The number of benzene rings is 2. The summed E-state index contributed by atoms with van der Waals surface area (Å²) in [5, 5.41) is 7.35. The minimum Gasteiger partial charge on any atom is -0.341 e. The lowest BCUT2D eigenvalue weighted by Gasteiger charge is -2.11. The van der Waals surface area contributed by atoms with Crippen LogP contribution in [-0.2, 0) is 0 Å². The molecule has 5 nitrogen and oxygen atoms in total. The van der Waals surface area contributed by atoms with Gasteiger partial charge in [-0.3, -0.25) is 4.79 Å². The number of halogens is 1. The standard InChI is InChI=1S/C18H16ClN3O2/c1-11-7-3-4-8-13(11)17(23)20-12(2)18-21-16(22-24-18)14-9-5-6-10-15(14)19/h3-10,12H,1-2H3,(H,20,23)/t12-/m0/s1. The van der Waals surface area contributed by atoms with Gasteiger partial charge in [0.2, 0.25) is 11.7 Å². The number of aromatic nitrogens is 2. The molecule has 24 heavy (non-hydrogen) atoms. The number of carbonyl (C=O) groups excluding carboxylic acids is 1. The van der Waals surface area contributed by atoms with Gasteiger partial charge in [-0.2, -0.15) is 4.98 Å². The first kappa shape index (κ1) is 16.2. The van der Waals surface area contributed by atoms with Gasteiger partial charge in [-0.1, -0.05) is 47.1 Å². The fourth-order valence-corrected chi connectivity index (χ4v) is 2.55. The highest BCUT2D eigenvalue weighted by Crippen LogP contribution is 2.26. The molecule has 122 valence electrons. The van der Waals surface area contributed by atoms with E-state index in [0.717, 1.165) is 5.56 Å². The number of hydrogen-bond donors (Lipinski definition) is 1. The van der Waals surface area contributed by atoms with E-state index in [1.54, 1.807) is 19.1 Å². The number of hydrogen-bond acceptors (Lipinski definition) is 4. The molecule has 1 aromatic heterocycles. The summed E-state index contributed by atoms with van der Waals surface area (Å²) in [6.07, 6.45) is 0. The summed E-state index contributed by atoms with van der Waals surface area (Å²) >= 11 is 6.14. The molecule has 1 amide bonds. The maximum absolute atomic E-state index is 12.4. The molecule has 0 spiro atoms. The van der Waals surface area contributed by atoms with Crippen LogP contribution in [0.15, 0.2) is 53.1 Å². The van der Waals surface area contributed by atoms with Crippen LogP contribution in [-0.4, -0.2) is 16.0 Å². The van der Waals surface area contributed by atoms with Crippen LogP contribution >= 0.6 is 11.6 Å². The molecule has 6 heteroatoms. The van der Waals surface area contributed by atoms with Gasteiger partial charge in [0.05, 0.1) is 5.02 Å². The maximum Gasteiger partial charge on any atom is 0.252 e. The Hall–Kier alpha value is -2.66. The second-order valence-corrected chi connectivity index (χ2v) is 5.85. The molecule has 0 radical (unpaired) electrons. The zero-order chi connectivity index (χ0) is 17.1. The molecule has 3 rings (SSSR count). The Morgan fingerprint density at radius 3 is 2.62 bits per heavy atom. The van der Waals surface area contributed by atoms with E-state index >= 15 is 0 Å². The number of amides is 1. The van der Waals surface area contributed by atoms with Crippen molar-refractivity contribution in [3.8, 4) is 11.4 Å². The monoisotopic (exact) mass is 341 g/mol. The average molecular weight is 342 g/mol. The molecule has 0 unspecified atom stereocenters. The summed E-state index contributed by atoms with van der Waals surface area (Å²) in [5.41, 5.74) is 2.21. The van der Waals surface area contributed by atoms with Gasteiger partial charge < -0.3 is 9.84 Å². The van der Waals surface area contributed by atoms with Gasteiger partial charge in [0.1, 0.15) is 6.04 Å². The van der Waals surface area contributed by atoms with Crippen LogP contribution in [0.3, 0.4) is 0 Å². The van der Waals surface area contributed by atoms with E-state index in [0.29, 0.717) is 27.9 Å². The van der Waals surface area contributed by atoms with Crippen molar-refractivity contribution in [3.63, 3.8) is 0 Å². The second kappa shape index (κ2) is 6.84. The van der Waals surface area contributed by atoms with Gasteiger partial charge in [-0.25, -0.2) is 0 Å². The van der Waals surface area contributed by atoms with Gasteiger partial charge >= 0.3 is 0 Å². The van der Waals surface area contributed by atoms with E-state index in [1.807, 2.05) is 43.3 Å². The Kier molecular flexibility index (Phi) is 4.62. The van der Waals surface area contributed by atoms with E-state index in [2.05, 4.69) is 15.5 Å². The van der Waals surface area contributed by atoms with Crippen LogP contribution in [0.4, 0.5) is 0 Å². The second-order valence-electron chi connectivity index (χ2n) is 5.45. The number of nitrogens with zero attached hydrogens (tertiary/aromatic N) is 2. The van der Waals surface area contributed by atoms with Crippen molar-refractivity contribution < 1.29 is 9.32 Å². The van der Waals surface area contributed by atoms with Crippen molar-refractivity contribution in [1.82, 2.24) is 15.5 Å². The smallest absolute Gasteiger partial charge is 0.252 e. The summed E-state index contributed by atoms with van der Waals surface area (Å²) in [6.45, 7) is 3.68. The molecule has 1 heterocycles. The van der Waals surface area contributed by atoms with Crippen LogP contribution in [0.25, 0.3) is 11.4 Å². The molecule has 0 aliphatic rings. The third-order valence-corrected chi connectivity index (χ3v) is 3.99. The first-order chi connectivity index (χ1) is 11.6. The number of carbonyl (C=O) groups is 1. The van der Waals surface area contributed by atoms with Gasteiger partial charge in [-0.15, -0.1) is 0 Å². The van der Waals surface area contributed by atoms with Gasteiger partial charge in [0.15, 0.2) is 0 Å². The van der Waals surface area contributed by atoms with Crippen molar-refractivity contribution in [2.75, 3.05) is 0 Å². The average Bonchev–Trinajstić information content (AvgIpc) is 3.05. The topological polar surface area (TPSA) is 68.0 Å². The fraction of sp³-hybridized carbons (Fsp3) is 0.167. The van der Waals surface area contributed by atoms with Gasteiger partial charge in [0, 0.05) is 11.1 Å². The minimum atomic E-state index is -0.416. The van der Waals surface area contributed by atoms with E-state index in [4.69, 9.17) is 16.1 Å². The molecular formula is C18H16ClN3O2. The number of aryl methyl sites for hydroxylation is 1. The van der Waals surface area contributed by atoms with Crippen molar-refractivity contribution in [2.45, 2.75) is 19.9 Å². The van der Waals surface area contributed by atoms with Crippen molar-refractivity contribution in [2.24, 2.45) is 0 Å². The fourth-order valence-electron chi connectivity index (χ4n) is 2.33. The Morgan fingerprint density at radius 2 is 1.88 bits per heavy atom.